The predicted molar refractivity (Wildman–Crippen MR) is 97.0 cm³/mol. The van der Waals surface area contributed by atoms with Crippen molar-refractivity contribution in [2.24, 2.45) is 0 Å². The van der Waals surface area contributed by atoms with Gasteiger partial charge in [-0.3, -0.25) is 4.79 Å². The van der Waals surface area contributed by atoms with Crippen LogP contribution in [0.25, 0.3) is 0 Å². The Kier molecular flexibility index (Phi) is 6.45. The molecular weight excluding hydrogens is 462 g/mol. The number of carbonyl (C=O) groups excluding carboxylic acids is 1. The van der Waals surface area contributed by atoms with Crippen molar-refractivity contribution in [3.63, 3.8) is 0 Å². The zero-order valence-electron chi connectivity index (χ0n) is 11.2. The average Bonchev–Trinajstić information content (AvgIpc) is 2.47. The van der Waals surface area contributed by atoms with E-state index in [4.69, 9.17) is 0 Å². The fraction of sp³-hybridized carbons (Fsp3) is 0.188. The second-order valence-electron chi connectivity index (χ2n) is 4.64. The summed E-state index contributed by atoms with van der Waals surface area (Å²) in [5.41, 5.74) is 1.84. The monoisotopic (exact) mass is 473 g/mol. The van der Waals surface area contributed by atoms with Crippen LogP contribution in [0, 0.1) is 0 Å². The van der Waals surface area contributed by atoms with Gasteiger partial charge >= 0.3 is 0 Å². The Balaban J connectivity index is 2.06. The van der Waals surface area contributed by atoms with Gasteiger partial charge in [-0.25, -0.2) is 0 Å². The number of alkyl halides is 1. The zero-order valence-corrected chi connectivity index (χ0v) is 15.9. The van der Waals surface area contributed by atoms with Gasteiger partial charge in [-0.2, -0.15) is 0 Å². The van der Waals surface area contributed by atoms with Gasteiger partial charge in [-0.15, -0.1) is 0 Å². The molecule has 0 aromatic heterocycles. The highest BCUT2D eigenvalue weighted by Gasteiger charge is 2.15. The van der Waals surface area contributed by atoms with Gasteiger partial charge in [0.1, 0.15) is 0 Å². The maximum atomic E-state index is 12.4. The number of amides is 1. The highest BCUT2D eigenvalue weighted by molar-refractivity contribution is 9.11. The first kappa shape index (κ1) is 16.7. The topological polar surface area (TPSA) is 29.1 Å². The summed E-state index contributed by atoms with van der Waals surface area (Å²) in [5.74, 6) is -0.0743. The lowest BCUT2D eigenvalue weighted by atomic mass is 10.1. The van der Waals surface area contributed by atoms with Crippen LogP contribution in [0.1, 0.15) is 15.9 Å². The van der Waals surface area contributed by atoms with Crippen LogP contribution in [0.4, 0.5) is 0 Å². The molecule has 21 heavy (non-hydrogen) atoms. The fourth-order valence-electron chi connectivity index (χ4n) is 1.98. The number of carbonyl (C=O) groups is 1. The van der Waals surface area contributed by atoms with Gasteiger partial charge < -0.3 is 5.32 Å². The van der Waals surface area contributed by atoms with Gasteiger partial charge in [0, 0.05) is 20.3 Å². The Hall–Kier alpha value is -0.650. The summed E-state index contributed by atoms with van der Waals surface area (Å²) in [7, 11) is 0. The molecule has 1 N–H and O–H groups in total. The Labute approximate surface area is 149 Å². The van der Waals surface area contributed by atoms with Crippen LogP contribution >= 0.6 is 47.8 Å². The second kappa shape index (κ2) is 8.11. The molecule has 0 aliphatic rings. The highest BCUT2D eigenvalue weighted by Crippen LogP contribution is 2.22. The van der Waals surface area contributed by atoms with Crippen molar-refractivity contribution in [1.82, 2.24) is 5.32 Å². The van der Waals surface area contributed by atoms with E-state index in [1.165, 1.54) is 5.56 Å². The van der Waals surface area contributed by atoms with Gasteiger partial charge in [0.25, 0.3) is 5.91 Å². The molecule has 2 rings (SSSR count). The Morgan fingerprint density at radius 3 is 2.43 bits per heavy atom. The van der Waals surface area contributed by atoms with E-state index in [1.54, 1.807) is 6.07 Å². The first-order chi connectivity index (χ1) is 10.1. The summed E-state index contributed by atoms with van der Waals surface area (Å²) in [6, 6.07) is 15.7. The van der Waals surface area contributed by atoms with Crippen LogP contribution in [-0.4, -0.2) is 17.3 Å². The molecule has 5 heteroatoms. The standard InChI is InChI=1S/C16H14Br3NO/c17-10-13(8-11-4-2-1-3-5-11)20-16(21)14-7-6-12(18)9-15(14)19/h1-7,9,13H,8,10H2,(H,20,21). The molecular formula is C16H14Br3NO. The number of rotatable bonds is 5. The van der Waals surface area contributed by atoms with Gasteiger partial charge in [-0.05, 0) is 46.1 Å². The van der Waals surface area contributed by atoms with Crippen molar-refractivity contribution < 1.29 is 4.79 Å². The lowest BCUT2D eigenvalue weighted by molar-refractivity contribution is 0.0940. The lowest BCUT2D eigenvalue weighted by Gasteiger charge is -2.17. The third-order valence-corrected chi connectivity index (χ3v) is 4.95. The molecule has 1 unspecified atom stereocenters. The summed E-state index contributed by atoms with van der Waals surface area (Å²) in [5, 5.41) is 3.77. The number of hydrogen-bond acceptors (Lipinski definition) is 1. The molecule has 2 aromatic carbocycles. The van der Waals surface area contributed by atoms with Gasteiger partial charge in [0.15, 0.2) is 0 Å². The minimum atomic E-state index is -0.0743. The highest BCUT2D eigenvalue weighted by atomic mass is 79.9. The smallest absolute Gasteiger partial charge is 0.252 e. The van der Waals surface area contributed by atoms with E-state index < -0.39 is 0 Å². The first-order valence-electron chi connectivity index (χ1n) is 6.46. The second-order valence-corrected chi connectivity index (χ2v) is 7.06. The van der Waals surface area contributed by atoms with Crippen molar-refractivity contribution in [2.45, 2.75) is 12.5 Å². The molecule has 0 saturated heterocycles. The molecule has 1 amide bonds. The number of nitrogens with one attached hydrogen (secondary N) is 1. The predicted octanol–water partition coefficient (Wildman–Crippen LogP) is 4.95. The van der Waals surface area contributed by atoms with Gasteiger partial charge in [0.05, 0.1) is 5.56 Å². The largest absolute Gasteiger partial charge is 0.348 e. The molecule has 0 fully saturated rings. The Morgan fingerprint density at radius 1 is 1.10 bits per heavy atom. The van der Waals surface area contributed by atoms with E-state index in [1.807, 2.05) is 30.3 Å². The summed E-state index contributed by atoms with van der Waals surface area (Å²) in [6.45, 7) is 0. The molecule has 0 aliphatic carbocycles. The molecule has 0 heterocycles. The molecule has 0 spiro atoms. The van der Waals surface area contributed by atoms with Crippen molar-refractivity contribution in [1.29, 1.82) is 0 Å². The lowest BCUT2D eigenvalue weighted by Crippen LogP contribution is -2.37. The summed E-state index contributed by atoms with van der Waals surface area (Å²) >= 11 is 10.3. The molecule has 0 radical (unpaired) electrons. The van der Waals surface area contributed by atoms with Crippen LogP contribution in [0.15, 0.2) is 57.5 Å². The third-order valence-electron chi connectivity index (χ3n) is 3.02. The van der Waals surface area contributed by atoms with E-state index in [9.17, 15) is 4.79 Å². The number of halogens is 3. The number of hydrogen-bond donors (Lipinski definition) is 1. The molecule has 110 valence electrons. The summed E-state index contributed by atoms with van der Waals surface area (Å²) in [4.78, 5) is 12.4. The minimum Gasteiger partial charge on any atom is -0.348 e. The normalized spacial score (nSPS) is 12.0. The van der Waals surface area contributed by atoms with Crippen LogP contribution in [0.2, 0.25) is 0 Å². The maximum Gasteiger partial charge on any atom is 0.252 e. The SMILES string of the molecule is O=C(NC(CBr)Cc1ccccc1)c1ccc(Br)cc1Br. The summed E-state index contributed by atoms with van der Waals surface area (Å²) < 4.78 is 1.72. The summed E-state index contributed by atoms with van der Waals surface area (Å²) in [6.07, 6.45) is 0.798. The van der Waals surface area contributed by atoms with Crippen molar-refractivity contribution in [3.05, 3.63) is 68.6 Å². The van der Waals surface area contributed by atoms with E-state index in [-0.39, 0.29) is 11.9 Å². The Bertz CT molecular complexity index is 616. The van der Waals surface area contributed by atoms with Gasteiger partial charge in [0.2, 0.25) is 0 Å². The Morgan fingerprint density at radius 2 is 1.81 bits per heavy atom. The van der Waals surface area contributed by atoms with Crippen LogP contribution in [-0.2, 0) is 6.42 Å². The van der Waals surface area contributed by atoms with Gasteiger partial charge in [-0.1, -0.05) is 62.2 Å². The molecule has 2 nitrogen and oxygen atoms in total. The molecule has 0 bridgehead atoms. The molecule has 0 aliphatic heterocycles. The average molecular weight is 476 g/mol. The van der Waals surface area contributed by atoms with E-state index in [2.05, 4.69) is 65.2 Å². The first-order valence-corrected chi connectivity index (χ1v) is 9.16. The zero-order chi connectivity index (χ0) is 15.2. The maximum absolute atomic E-state index is 12.4. The van der Waals surface area contributed by atoms with Crippen molar-refractivity contribution >= 4 is 53.7 Å². The molecule has 0 saturated carbocycles. The minimum absolute atomic E-state index is 0.0513. The van der Waals surface area contributed by atoms with Crippen LogP contribution < -0.4 is 5.32 Å². The van der Waals surface area contributed by atoms with Crippen molar-refractivity contribution in [2.75, 3.05) is 5.33 Å². The molecule has 1 atom stereocenters. The van der Waals surface area contributed by atoms with Crippen molar-refractivity contribution in [3.8, 4) is 0 Å². The van der Waals surface area contributed by atoms with E-state index in [0.717, 1.165) is 15.4 Å². The fourth-order valence-corrected chi connectivity index (χ4v) is 3.60. The van der Waals surface area contributed by atoms with E-state index in [0.29, 0.717) is 10.9 Å². The van der Waals surface area contributed by atoms with Crippen LogP contribution in [0.3, 0.4) is 0 Å². The molecule has 2 aromatic rings. The van der Waals surface area contributed by atoms with Crippen LogP contribution in [0.5, 0.6) is 0 Å². The number of benzene rings is 2. The van der Waals surface area contributed by atoms with E-state index >= 15 is 0 Å². The quantitative estimate of drug-likeness (QED) is 0.609. The third kappa shape index (κ3) is 4.94.